The minimum Gasteiger partial charge on any atom is -0.444 e. The Kier molecular flexibility index (Phi) is 2.96. The van der Waals surface area contributed by atoms with Crippen LogP contribution in [0.5, 0.6) is 0 Å². The lowest BCUT2D eigenvalue weighted by molar-refractivity contribution is 0.0239. The first-order chi connectivity index (χ1) is 6.76. The lowest BCUT2D eigenvalue weighted by Crippen LogP contribution is -2.38. The maximum absolute atomic E-state index is 11.6. The predicted octanol–water partition coefficient (Wildman–Crippen LogP) is 0.992. The van der Waals surface area contributed by atoms with E-state index in [-0.39, 0.29) is 6.54 Å². The van der Waals surface area contributed by atoms with Gasteiger partial charge in [0.1, 0.15) is 11.2 Å². The van der Waals surface area contributed by atoms with Gasteiger partial charge in [-0.2, -0.15) is 0 Å². The maximum Gasteiger partial charge on any atom is 0.410 e. The highest BCUT2D eigenvalue weighted by molar-refractivity contribution is 5.68. The molecule has 1 fully saturated rings. The average molecular weight is 211 g/mol. The Morgan fingerprint density at radius 3 is 2.60 bits per heavy atom. The summed E-state index contributed by atoms with van der Waals surface area (Å²) in [4.78, 5) is 13.0. The van der Waals surface area contributed by atoms with Crippen LogP contribution in [0.3, 0.4) is 0 Å². The molecule has 1 rings (SSSR count). The Bertz CT molecular complexity index is 300. The van der Waals surface area contributed by atoms with Crippen molar-refractivity contribution in [2.24, 2.45) is 0 Å². The van der Waals surface area contributed by atoms with Crippen LogP contribution < -0.4 is 0 Å². The molecule has 0 aliphatic carbocycles. The van der Waals surface area contributed by atoms with Crippen molar-refractivity contribution >= 4 is 6.09 Å². The first-order valence-corrected chi connectivity index (χ1v) is 4.94. The molecule has 1 aliphatic heterocycles. The second kappa shape index (κ2) is 3.74. The summed E-state index contributed by atoms with van der Waals surface area (Å²) >= 11 is 0. The van der Waals surface area contributed by atoms with E-state index in [1.807, 2.05) is 0 Å². The number of β-amino-alcohol motifs (C(OH)–C–C–N with tert-alkyl or cyclic N) is 1. The molecule has 0 aromatic carbocycles. The fourth-order valence-electron chi connectivity index (χ4n) is 1.39. The van der Waals surface area contributed by atoms with Gasteiger partial charge in [0.25, 0.3) is 0 Å². The van der Waals surface area contributed by atoms with E-state index < -0.39 is 17.3 Å². The standard InChI is InChI=1S/C11H17NO3/c1-5-11(14)6-7-12(8-11)9(13)15-10(2,3)4/h1,14H,6-8H2,2-4H3/t11-/m1/s1. The van der Waals surface area contributed by atoms with Crippen LogP contribution in [-0.2, 0) is 4.74 Å². The lowest BCUT2D eigenvalue weighted by atomic mass is 10.1. The van der Waals surface area contributed by atoms with Gasteiger partial charge < -0.3 is 14.7 Å². The first kappa shape index (κ1) is 11.9. The summed E-state index contributed by atoms with van der Waals surface area (Å²) in [6.07, 6.45) is 5.16. The molecule has 4 heteroatoms. The summed E-state index contributed by atoms with van der Waals surface area (Å²) in [5, 5.41) is 9.73. The zero-order valence-corrected chi connectivity index (χ0v) is 9.41. The van der Waals surface area contributed by atoms with Gasteiger partial charge in [-0.15, -0.1) is 6.42 Å². The van der Waals surface area contributed by atoms with Gasteiger partial charge in [-0.3, -0.25) is 0 Å². The van der Waals surface area contributed by atoms with Crippen LogP contribution in [0, 0.1) is 12.3 Å². The Hall–Kier alpha value is -1.21. The Morgan fingerprint density at radius 2 is 2.20 bits per heavy atom. The van der Waals surface area contributed by atoms with Gasteiger partial charge in [-0.1, -0.05) is 5.92 Å². The minimum atomic E-state index is -1.18. The van der Waals surface area contributed by atoms with Crippen LogP contribution in [0.15, 0.2) is 0 Å². The highest BCUT2D eigenvalue weighted by atomic mass is 16.6. The monoisotopic (exact) mass is 211 g/mol. The topological polar surface area (TPSA) is 49.8 Å². The van der Waals surface area contributed by atoms with Crippen molar-refractivity contribution < 1.29 is 14.6 Å². The second-order valence-corrected chi connectivity index (χ2v) is 4.83. The van der Waals surface area contributed by atoms with Crippen molar-refractivity contribution in [1.82, 2.24) is 4.90 Å². The van der Waals surface area contributed by atoms with Crippen LogP contribution in [0.25, 0.3) is 0 Å². The molecule has 1 heterocycles. The van der Waals surface area contributed by atoms with E-state index in [2.05, 4.69) is 5.92 Å². The van der Waals surface area contributed by atoms with Crippen molar-refractivity contribution in [3.05, 3.63) is 0 Å². The molecule has 15 heavy (non-hydrogen) atoms. The van der Waals surface area contributed by atoms with Gasteiger partial charge in [0.2, 0.25) is 0 Å². The third-order valence-corrected chi connectivity index (χ3v) is 2.17. The number of terminal acetylenes is 1. The number of amides is 1. The molecule has 1 N–H and O–H groups in total. The number of nitrogens with zero attached hydrogens (tertiary/aromatic N) is 1. The summed E-state index contributed by atoms with van der Waals surface area (Å²) < 4.78 is 5.17. The summed E-state index contributed by atoms with van der Waals surface area (Å²) in [6.45, 7) is 5.99. The number of aliphatic hydroxyl groups is 1. The maximum atomic E-state index is 11.6. The number of carbonyl (C=O) groups excluding carboxylic acids is 1. The van der Waals surface area contributed by atoms with Crippen molar-refractivity contribution in [2.45, 2.75) is 38.4 Å². The van der Waals surface area contributed by atoms with Crippen LogP contribution in [-0.4, -0.2) is 40.4 Å². The van der Waals surface area contributed by atoms with Gasteiger partial charge in [0.15, 0.2) is 0 Å². The van der Waals surface area contributed by atoms with E-state index in [0.29, 0.717) is 13.0 Å². The minimum absolute atomic E-state index is 0.151. The first-order valence-electron chi connectivity index (χ1n) is 4.94. The quantitative estimate of drug-likeness (QED) is 0.608. The Morgan fingerprint density at radius 1 is 1.60 bits per heavy atom. The molecule has 1 saturated heterocycles. The third kappa shape index (κ3) is 3.14. The molecule has 1 amide bonds. The molecule has 0 aromatic rings. The number of hydrogen-bond acceptors (Lipinski definition) is 3. The number of likely N-dealkylation sites (tertiary alicyclic amines) is 1. The normalized spacial score (nSPS) is 26.2. The molecule has 0 unspecified atom stereocenters. The van der Waals surface area contributed by atoms with Gasteiger partial charge in [-0.05, 0) is 20.8 Å². The van der Waals surface area contributed by atoms with Crippen molar-refractivity contribution in [3.63, 3.8) is 0 Å². The van der Waals surface area contributed by atoms with Gasteiger partial charge in [0.05, 0.1) is 6.54 Å². The Labute approximate surface area is 90.2 Å². The largest absolute Gasteiger partial charge is 0.444 e. The van der Waals surface area contributed by atoms with Crippen LogP contribution >= 0.6 is 0 Å². The van der Waals surface area contributed by atoms with E-state index in [1.165, 1.54) is 4.90 Å². The summed E-state index contributed by atoms with van der Waals surface area (Å²) in [7, 11) is 0. The molecule has 4 nitrogen and oxygen atoms in total. The molecule has 1 aliphatic rings. The summed E-state index contributed by atoms with van der Waals surface area (Å²) in [5.41, 5.74) is -1.70. The van der Waals surface area contributed by atoms with Crippen molar-refractivity contribution in [1.29, 1.82) is 0 Å². The number of ether oxygens (including phenoxy) is 1. The average Bonchev–Trinajstić information content (AvgIpc) is 2.46. The zero-order chi connectivity index (χ0) is 11.7. The predicted molar refractivity (Wildman–Crippen MR) is 56.2 cm³/mol. The van der Waals surface area contributed by atoms with E-state index >= 15 is 0 Å². The number of rotatable bonds is 0. The van der Waals surface area contributed by atoms with Crippen LogP contribution in [0.1, 0.15) is 27.2 Å². The van der Waals surface area contributed by atoms with Crippen molar-refractivity contribution in [2.75, 3.05) is 13.1 Å². The number of hydrogen-bond donors (Lipinski definition) is 1. The van der Waals surface area contributed by atoms with Crippen LogP contribution in [0.2, 0.25) is 0 Å². The molecule has 0 aromatic heterocycles. The highest BCUT2D eigenvalue weighted by Crippen LogP contribution is 2.22. The fourth-order valence-corrected chi connectivity index (χ4v) is 1.39. The SMILES string of the molecule is C#C[C@@]1(O)CCN(C(=O)OC(C)(C)C)C1. The molecular formula is C11H17NO3. The molecule has 0 bridgehead atoms. The third-order valence-electron chi connectivity index (χ3n) is 2.17. The van der Waals surface area contributed by atoms with Crippen molar-refractivity contribution in [3.8, 4) is 12.3 Å². The highest BCUT2D eigenvalue weighted by Gasteiger charge is 2.38. The molecular weight excluding hydrogens is 194 g/mol. The van der Waals surface area contributed by atoms with E-state index in [1.54, 1.807) is 20.8 Å². The van der Waals surface area contributed by atoms with Gasteiger partial charge in [-0.25, -0.2) is 4.79 Å². The van der Waals surface area contributed by atoms with Gasteiger partial charge >= 0.3 is 6.09 Å². The molecule has 0 spiro atoms. The number of carbonyl (C=O) groups is 1. The van der Waals surface area contributed by atoms with E-state index in [9.17, 15) is 9.90 Å². The lowest BCUT2D eigenvalue weighted by Gasteiger charge is -2.24. The zero-order valence-electron chi connectivity index (χ0n) is 9.41. The fraction of sp³-hybridized carbons (Fsp3) is 0.727. The van der Waals surface area contributed by atoms with Gasteiger partial charge in [0, 0.05) is 13.0 Å². The molecule has 0 radical (unpaired) electrons. The summed E-state index contributed by atoms with van der Waals surface area (Å²) in [6, 6.07) is 0. The smallest absolute Gasteiger partial charge is 0.410 e. The molecule has 1 atom stereocenters. The molecule has 0 saturated carbocycles. The molecule has 84 valence electrons. The Balaban J connectivity index is 2.56. The van der Waals surface area contributed by atoms with Crippen LogP contribution in [0.4, 0.5) is 4.79 Å². The second-order valence-electron chi connectivity index (χ2n) is 4.83. The van der Waals surface area contributed by atoms with E-state index in [4.69, 9.17) is 11.2 Å². The summed E-state index contributed by atoms with van der Waals surface area (Å²) in [5.74, 6) is 2.29. The van der Waals surface area contributed by atoms with E-state index in [0.717, 1.165) is 0 Å².